The number of pyridine rings is 1. The molecule has 0 saturated heterocycles. The number of primary amides is 1. The van der Waals surface area contributed by atoms with Crippen molar-refractivity contribution in [2.45, 2.75) is 13.1 Å². The van der Waals surface area contributed by atoms with Crippen LogP contribution >= 0.6 is 11.6 Å². The van der Waals surface area contributed by atoms with Crippen LogP contribution in [0.25, 0.3) is 10.9 Å². The van der Waals surface area contributed by atoms with Crippen LogP contribution in [-0.2, 0) is 13.1 Å². The number of hydrogen-bond donors (Lipinski definition) is 2. The summed E-state index contributed by atoms with van der Waals surface area (Å²) in [5, 5.41) is 4.41. The average molecular weight is 449 g/mol. The van der Waals surface area contributed by atoms with Crippen LogP contribution in [0.15, 0.2) is 72.9 Å². The van der Waals surface area contributed by atoms with Crippen LogP contribution in [0.2, 0.25) is 5.02 Å². The van der Waals surface area contributed by atoms with E-state index in [0.29, 0.717) is 29.6 Å². The summed E-state index contributed by atoms with van der Waals surface area (Å²) in [4.78, 5) is 28.1. The van der Waals surface area contributed by atoms with Crippen molar-refractivity contribution < 1.29 is 14.3 Å². The number of halogens is 1. The molecule has 4 aromatic rings. The molecular weight excluding hydrogens is 428 g/mol. The van der Waals surface area contributed by atoms with E-state index in [2.05, 4.69) is 10.3 Å². The highest BCUT2D eigenvalue weighted by atomic mass is 35.5. The van der Waals surface area contributed by atoms with E-state index in [-0.39, 0.29) is 18.1 Å². The second kappa shape index (κ2) is 9.53. The third-order valence-electron chi connectivity index (χ3n) is 4.98. The molecule has 0 aliphatic carbocycles. The monoisotopic (exact) mass is 448 g/mol. The van der Waals surface area contributed by atoms with Gasteiger partial charge in [0.2, 0.25) is 0 Å². The largest absolute Gasteiger partial charge is 0.490 e. The molecule has 2 aromatic carbocycles. The standard InChI is InChI=1S/C24H21ClN4O3/c25-18-6-2-4-8-22(18)32-12-11-29-20-7-3-1-5-17(20)13-21(29)24(31)28-15-16-9-10-19(23(26)30)27-14-16/h1-10,13-14H,11-12,15H2,(H2,26,30)(H,28,31). The maximum absolute atomic E-state index is 13.0. The second-order valence-corrected chi connectivity index (χ2v) is 7.52. The lowest BCUT2D eigenvalue weighted by atomic mass is 10.2. The van der Waals surface area contributed by atoms with Crippen molar-refractivity contribution in [2.75, 3.05) is 6.61 Å². The van der Waals surface area contributed by atoms with E-state index in [9.17, 15) is 9.59 Å². The van der Waals surface area contributed by atoms with Gasteiger partial charge in [-0.1, -0.05) is 48.0 Å². The Morgan fingerprint density at radius 3 is 2.59 bits per heavy atom. The topological polar surface area (TPSA) is 99.2 Å². The quantitative estimate of drug-likeness (QED) is 0.428. The molecule has 0 fully saturated rings. The molecule has 0 spiro atoms. The molecule has 3 N–H and O–H groups in total. The minimum Gasteiger partial charge on any atom is -0.490 e. The van der Waals surface area contributed by atoms with Crippen molar-refractivity contribution in [1.29, 1.82) is 0 Å². The number of carbonyl (C=O) groups is 2. The van der Waals surface area contributed by atoms with Gasteiger partial charge in [-0.15, -0.1) is 0 Å². The number of nitrogens with zero attached hydrogens (tertiary/aromatic N) is 2. The van der Waals surface area contributed by atoms with Gasteiger partial charge in [0.05, 0.1) is 11.6 Å². The number of benzene rings is 2. The first-order valence-electron chi connectivity index (χ1n) is 10.0. The molecule has 2 aromatic heterocycles. The van der Waals surface area contributed by atoms with Gasteiger partial charge in [0.25, 0.3) is 11.8 Å². The van der Waals surface area contributed by atoms with Crippen molar-refractivity contribution in [2.24, 2.45) is 5.73 Å². The molecule has 4 rings (SSSR count). The maximum Gasteiger partial charge on any atom is 0.268 e. The number of carbonyl (C=O) groups excluding carboxylic acids is 2. The summed E-state index contributed by atoms with van der Waals surface area (Å²) in [5.74, 6) is -0.217. The molecule has 162 valence electrons. The number of nitrogens with one attached hydrogen (secondary N) is 1. The Bertz CT molecular complexity index is 1270. The van der Waals surface area contributed by atoms with E-state index in [1.165, 1.54) is 12.3 Å². The molecule has 2 amide bonds. The predicted octanol–water partition coefficient (Wildman–Crippen LogP) is 3.80. The van der Waals surface area contributed by atoms with Crippen LogP contribution in [0.5, 0.6) is 5.75 Å². The van der Waals surface area contributed by atoms with Crippen LogP contribution < -0.4 is 15.8 Å². The Labute approximate surface area is 189 Å². The molecule has 8 heteroatoms. The van der Waals surface area contributed by atoms with Crippen LogP contribution in [0.3, 0.4) is 0 Å². The van der Waals surface area contributed by atoms with E-state index < -0.39 is 5.91 Å². The summed E-state index contributed by atoms with van der Waals surface area (Å²) < 4.78 is 7.75. The third-order valence-corrected chi connectivity index (χ3v) is 5.29. The van der Waals surface area contributed by atoms with E-state index in [0.717, 1.165) is 16.5 Å². The molecule has 7 nitrogen and oxygen atoms in total. The van der Waals surface area contributed by atoms with E-state index in [4.69, 9.17) is 22.1 Å². The number of aromatic nitrogens is 2. The molecule has 0 aliphatic heterocycles. The number of ether oxygens (including phenoxy) is 1. The molecule has 0 radical (unpaired) electrons. The first-order chi connectivity index (χ1) is 15.5. The number of nitrogens with two attached hydrogens (primary N) is 1. The molecule has 0 unspecified atom stereocenters. The van der Waals surface area contributed by atoms with Crippen LogP contribution in [-0.4, -0.2) is 28.0 Å². The normalized spacial score (nSPS) is 10.8. The fourth-order valence-electron chi connectivity index (χ4n) is 3.40. The summed E-state index contributed by atoms with van der Waals surface area (Å²) in [7, 11) is 0. The molecule has 2 heterocycles. The molecular formula is C24H21ClN4O3. The summed E-state index contributed by atoms with van der Waals surface area (Å²) in [6, 6.07) is 20.2. The minimum absolute atomic E-state index is 0.179. The van der Waals surface area contributed by atoms with Gasteiger partial charge in [0, 0.05) is 23.6 Å². The lowest BCUT2D eigenvalue weighted by molar-refractivity contribution is 0.0939. The van der Waals surface area contributed by atoms with Crippen molar-refractivity contribution in [3.8, 4) is 5.75 Å². The zero-order valence-corrected chi connectivity index (χ0v) is 17.9. The lowest BCUT2D eigenvalue weighted by Crippen LogP contribution is -2.26. The Morgan fingerprint density at radius 1 is 1.06 bits per heavy atom. The van der Waals surface area contributed by atoms with Crippen LogP contribution in [0.4, 0.5) is 0 Å². The van der Waals surface area contributed by atoms with Gasteiger partial charge >= 0.3 is 0 Å². The van der Waals surface area contributed by atoms with Gasteiger partial charge in [0.1, 0.15) is 23.7 Å². The zero-order valence-electron chi connectivity index (χ0n) is 17.1. The van der Waals surface area contributed by atoms with Crippen molar-refractivity contribution in [3.05, 3.63) is 94.9 Å². The van der Waals surface area contributed by atoms with E-state index in [1.807, 2.05) is 47.0 Å². The Morgan fingerprint density at radius 2 is 1.84 bits per heavy atom. The number of fused-ring (bicyclic) bond motifs is 1. The fraction of sp³-hybridized carbons (Fsp3) is 0.125. The lowest BCUT2D eigenvalue weighted by Gasteiger charge is -2.13. The van der Waals surface area contributed by atoms with Crippen molar-refractivity contribution >= 4 is 34.3 Å². The van der Waals surface area contributed by atoms with Crippen LogP contribution in [0.1, 0.15) is 26.5 Å². The SMILES string of the molecule is NC(=O)c1ccc(CNC(=O)c2cc3ccccc3n2CCOc2ccccc2Cl)cn1. The van der Waals surface area contributed by atoms with Gasteiger partial charge < -0.3 is 20.4 Å². The first kappa shape index (κ1) is 21.4. The maximum atomic E-state index is 13.0. The Hall–Kier alpha value is -3.84. The van der Waals surface area contributed by atoms with E-state index in [1.54, 1.807) is 18.2 Å². The van der Waals surface area contributed by atoms with Crippen LogP contribution in [0, 0.1) is 0 Å². The molecule has 0 aliphatic rings. The summed E-state index contributed by atoms with van der Waals surface area (Å²) >= 11 is 6.16. The summed E-state index contributed by atoms with van der Waals surface area (Å²) in [6.45, 7) is 1.08. The smallest absolute Gasteiger partial charge is 0.268 e. The molecule has 32 heavy (non-hydrogen) atoms. The molecule has 0 bridgehead atoms. The Kier molecular flexibility index (Phi) is 6.37. The van der Waals surface area contributed by atoms with Gasteiger partial charge in [-0.3, -0.25) is 14.6 Å². The van der Waals surface area contributed by atoms with Gasteiger partial charge in [0.15, 0.2) is 0 Å². The fourth-order valence-corrected chi connectivity index (χ4v) is 3.59. The first-order valence-corrected chi connectivity index (χ1v) is 10.4. The van der Waals surface area contributed by atoms with Crippen molar-refractivity contribution in [1.82, 2.24) is 14.9 Å². The van der Waals surface area contributed by atoms with Crippen molar-refractivity contribution in [3.63, 3.8) is 0 Å². The summed E-state index contributed by atoms with van der Waals surface area (Å²) in [6.07, 6.45) is 1.52. The second-order valence-electron chi connectivity index (χ2n) is 7.12. The average Bonchev–Trinajstić information content (AvgIpc) is 3.18. The zero-order chi connectivity index (χ0) is 22.5. The van der Waals surface area contributed by atoms with Gasteiger partial charge in [-0.2, -0.15) is 0 Å². The number of hydrogen-bond acceptors (Lipinski definition) is 4. The molecule has 0 saturated carbocycles. The highest BCUT2D eigenvalue weighted by Gasteiger charge is 2.16. The minimum atomic E-state index is -0.593. The predicted molar refractivity (Wildman–Crippen MR) is 123 cm³/mol. The highest BCUT2D eigenvalue weighted by Crippen LogP contribution is 2.24. The highest BCUT2D eigenvalue weighted by molar-refractivity contribution is 6.32. The number of para-hydroxylation sites is 2. The third kappa shape index (κ3) is 4.73. The summed E-state index contributed by atoms with van der Waals surface area (Å²) in [5.41, 5.74) is 7.61. The molecule has 0 atom stereocenters. The van der Waals surface area contributed by atoms with Gasteiger partial charge in [-0.05, 0) is 35.9 Å². The number of rotatable bonds is 8. The number of amides is 2. The van der Waals surface area contributed by atoms with E-state index >= 15 is 0 Å². The Balaban J connectivity index is 1.49. The van der Waals surface area contributed by atoms with Gasteiger partial charge in [-0.25, -0.2) is 0 Å².